The summed E-state index contributed by atoms with van der Waals surface area (Å²) in [4.78, 5) is 13.1. The average Bonchev–Trinajstić information content (AvgIpc) is 2.43. The van der Waals surface area contributed by atoms with E-state index in [1.165, 1.54) is 4.90 Å². The number of hydrogen-bond acceptors (Lipinski definition) is 5. The van der Waals surface area contributed by atoms with Gasteiger partial charge in [-0.15, -0.1) is 0 Å². The van der Waals surface area contributed by atoms with E-state index in [1.807, 2.05) is 0 Å². The van der Waals surface area contributed by atoms with Gasteiger partial charge in [0.25, 0.3) is 5.91 Å². The molecule has 0 heterocycles. The van der Waals surface area contributed by atoms with Gasteiger partial charge in [0.2, 0.25) is 0 Å². The zero-order chi connectivity index (χ0) is 15.1. The fraction of sp³-hybridized carbons (Fsp3) is 0.385. The topological polar surface area (TPSA) is 108 Å². The molecule has 0 saturated heterocycles. The average molecular weight is 281 g/mol. The number of carbonyl (C=O) groups is 1. The molecule has 20 heavy (non-hydrogen) atoms. The van der Waals surface area contributed by atoms with E-state index in [0.717, 1.165) is 0 Å². The molecule has 1 amide bonds. The molecule has 1 unspecified atom stereocenters. The Labute approximate surface area is 117 Å². The molecular weight excluding hydrogens is 262 g/mol. The van der Waals surface area contributed by atoms with Gasteiger partial charge in [-0.05, 0) is 31.2 Å². The zero-order valence-electron chi connectivity index (χ0n) is 11.5. The summed E-state index contributed by atoms with van der Waals surface area (Å²) in [5.74, 6) is 0.272. The molecule has 7 heteroatoms. The number of ether oxygens (including phenoxy) is 1. The molecule has 0 aliphatic rings. The molecule has 0 saturated carbocycles. The lowest BCUT2D eigenvalue weighted by atomic mass is 10.2. The van der Waals surface area contributed by atoms with Crippen molar-refractivity contribution in [1.82, 2.24) is 4.90 Å². The third kappa shape index (κ3) is 4.77. The van der Waals surface area contributed by atoms with Crippen LogP contribution in [-0.4, -0.2) is 53.3 Å². The Morgan fingerprint density at radius 1 is 1.45 bits per heavy atom. The van der Waals surface area contributed by atoms with Crippen LogP contribution in [0.3, 0.4) is 0 Å². The minimum atomic E-state index is -0.580. The van der Waals surface area contributed by atoms with E-state index in [-0.39, 0.29) is 24.9 Å². The number of hydrogen-bond donors (Lipinski definition) is 3. The van der Waals surface area contributed by atoms with Gasteiger partial charge in [0, 0.05) is 19.2 Å². The summed E-state index contributed by atoms with van der Waals surface area (Å²) < 4.78 is 5.32. The summed E-state index contributed by atoms with van der Waals surface area (Å²) in [6.07, 6.45) is -0.580. The second kappa shape index (κ2) is 7.34. The SMILES string of the molecule is CC(O)CN(C)C(=O)COc1ccc(C(N)=NO)cc1. The van der Waals surface area contributed by atoms with E-state index in [4.69, 9.17) is 15.7 Å². The quantitative estimate of drug-likeness (QED) is 0.294. The van der Waals surface area contributed by atoms with Crippen molar-refractivity contribution in [1.29, 1.82) is 0 Å². The number of nitrogens with two attached hydrogens (primary N) is 1. The number of amides is 1. The lowest BCUT2D eigenvalue weighted by Gasteiger charge is -2.18. The first-order valence-electron chi connectivity index (χ1n) is 6.06. The maximum absolute atomic E-state index is 11.7. The predicted molar refractivity (Wildman–Crippen MR) is 73.8 cm³/mol. The van der Waals surface area contributed by atoms with Gasteiger partial charge in [-0.3, -0.25) is 4.79 Å². The van der Waals surface area contributed by atoms with E-state index in [1.54, 1.807) is 38.2 Å². The molecule has 4 N–H and O–H groups in total. The van der Waals surface area contributed by atoms with Gasteiger partial charge in [-0.25, -0.2) is 0 Å². The monoisotopic (exact) mass is 281 g/mol. The lowest BCUT2D eigenvalue weighted by molar-refractivity contribution is -0.133. The Hall–Kier alpha value is -2.28. The van der Waals surface area contributed by atoms with Gasteiger partial charge in [0.1, 0.15) is 5.75 Å². The highest BCUT2D eigenvalue weighted by atomic mass is 16.5. The number of benzene rings is 1. The van der Waals surface area contributed by atoms with Gasteiger partial charge in [0.15, 0.2) is 12.4 Å². The van der Waals surface area contributed by atoms with Crippen molar-refractivity contribution in [2.75, 3.05) is 20.2 Å². The van der Waals surface area contributed by atoms with Gasteiger partial charge >= 0.3 is 0 Å². The van der Waals surface area contributed by atoms with E-state index >= 15 is 0 Å². The Morgan fingerprint density at radius 2 is 2.05 bits per heavy atom. The molecule has 7 nitrogen and oxygen atoms in total. The summed E-state index contributed by atoms with van der Waals surface area (Å²) in [5, 5.41) is 20.6. The van der Waals surface area contributed by atoms with Crippen molar-refractivity contribution in [2.45, 2.75) is 13.0 Å². The number of likely N-dealkylation sites (N-methyl/N-ethyl adjacent to an activating group) is 1. The third-order valence-electron chi connectivity index (χ3n) is 2.58. The Bertz CT molecular complexity index is 471. The first kappa shape index (κ1) is 15.8. The molecular formula is C13H19N3O4. The van der Waals surface area contributed by atoms with Crippen molar-refractivity contribution >= 4 is 11.7 Å². The van der Waals surface area contributed by atoms with Gasteiger partial charge in [0.05, 0.1) is 6.10 Å². The second-order valence-corrected chi connectivity index (χ2v) is 4.42. The van der Waals surface area contributed by atoms with Crippen molar-refractivity contribution in [3.63, 3.8) is 0 Å². The summed E-state index contributed by atoms with van der Waals surface area (Å²) in [6, 6.07) is 6.48. The van der Waals surface area contributed by atoms with Crippen LogP contribution in [0.5, 0.6) is 5.75 Å². The van der Waals surface area contributed by atoms with E-state index in [2.05, 4.69) is 5.16 Å². The minimum absolute atomic E-state index is 0.00398. The predicted octanol–water partition coefficient (Wildman–Crippen LogP) is -0.000900. The molecule has 1 aromatic rings. The van der Waals surface area contributed by atoms with Crippen molar-refractivity contribution in [3.8, 4) is 5.75 Å². The summed E-state index contributed by atoms with van der Waals surface area (Å²) in [5.41, 5.74) is 5.98. The summed E-state index contributed by atoms with van der Waals surface area (Å²) in [7, 11) is 1.60. The highest BCUT2D eigenvalue weighted by molar-refractivity contribution is 5.97. The number of nitrogens with zero attached hydrogens (tertiary/aromatic N) is 2. The molecule has 0 bridgehead atoms. The number of aliphatic hydroxyl groups is 1. The maximum Gasteiger partial charge on any atom is 0.260 e. The second-order valence-electron chi connectivity index (χ2n) is 4.42. The minimum Gasteiger partial charge on any atom is -0.484 e. The molecule has 1 atom stereocenters. The number of carbonyl (C=O) groups excluding carboxylic acids is 1. The van der Waals surface area contributed by atoms with Crippen LogP contribution in [-0.2, 0) is 4.79 Å². The lowest BCUT2D eigenvalue weighted by Crippen LogP contribution is -2.36. The molecule has 0 spiro atoms. The van der Waals surface area contributed by atoms with Crippen molar-refractivity contribution in [2.24, 2.45) is 10.9 Å². The van der Waals surface area contributed by atoms with Crippen molar-refractivity contribution in [3.05, 3.63) is 29.8 Å². The Morgan fingerprint density at radius 3 is 2.55 bits per heavy atom. The van der Waals surface area contributed by atoms with Crippen LogP contribution in [0.4, 0.5) is 0 Å². The normalized spacial score (nSPS) is 12.8. The van der Waals surface area contributed by atoms with E-state index in [9.17, 15) is 9.90 Å². The first-order valence-corrected chi connectivity index (χ1v) is 6.06. The van der Waals surface area contributed by atoms with Crippen molar-refractivity contribution < 1.29 is 19.8 Å². The van der Waals surface area contributed by atoms with Crippen LogP contribution >= 0.6 is 0 Å². The summed E-state index contributed by atoms with van der Waals surface area (Å²) in [6.45, 7) is 1.74. The Balaban J connectivity index is 2.52. The largest absolute Gasteiger partial charge is 0.484 e. The molecule has 0 fully saturated rings. The van der Waals surface area contributed by atoms with E-state index < -0.39 is 6.10 Å². The van der Waals surface area contributed by atoms with Crippen LogP contribution < -0.4 is 10.5 Å². The fourth-order valence-corrected chi connectivity index (χ4v) is 1.53. The van der Waals surface area contributed by atoms with Gasteiger partial charge < -0.3 is 25.7 Å². The van der Waals surface area contributed by atoms with Crippen LogP contribution in [0.15, 0.2) is 29.4 Å². The summed E-state index contributed by atoms with van der Waals surface area (Å²) >= 11 is 0. The van der Waals surface area contributed by atoms with Crippen LogP contribution in [0, 0.1) is 0 Å². The maximum atomic E-state index is 11.7. The molecule has 110 valence electrons. The molecule has 1 rings (SSSR count). The first-order chi connectivity index (χ1) is 9.43. The fourth-order valence-electron chi connectivity index (χ4n) is 1.53. The number of aliphatic hydroxyl groups excluding tert-OH is 1. The molecule has 0 aliphatic heterocycles. The molecule has 0 radical (unpaired) electrons. The standard InChI is InChI=1S/C13H19N3O4/c1-9(17)7-16(2)12(18)8-20-11-5-3-10(4-6-11)13(14)15-19/h3-6,9,17,19H,7-8H2,1-2H3,(H2,14,15). The van der Waals surface area contributed by atoms with Crippen LogP contribution in [0.2, 0.25) is 0 Å². The molecule has 0 aliphatic carbocycles. The van der Waals surface area contributed by atoms with Gasteiger partial charge in [-0.1, -0.05) is 5.16 Å². The number of rotatable bonds is 6. The molecule has 1 aromatic carbocycles. The zero-order valence-corrected chi connectivity index (χ0v) is 11.5. The van der Waals surface area contributed by atoms with Crippen LogP contribution in [0.25, 0.3) is 0 Å². The van der Waals surface area contributed by atoms with E-state index in [0.29, 0.717) is 11.3 Å². The number of oxime groups is 1. The molecule has 0 aromatic heterocycles. The number of amidine groups is 1. The smallest absolute Gasteiger partial charge is 0.260 e. The highest BCUT2D eigenvalue weighted by Gasteiger charge is 2.11. The van der Waals surface area contributed by atoms with Gasteiger partial charge in [-0.2, -0.15) is 0 Å². The third-order valence-corrected chi connectivity index (χ3v) is 2.58. The van der Waals surface area contributed by atoms with Crippen LogP contribution in [0.1, 0.15) is 12.5 Å². The highest BCUT2D eigenvalue weighted by Crippen LogP contribution is 2.12. The Kier molecular flexibility index (Phi) is 5.79.